The fourth-order valence-corrected chi connectivity index (χ4v) is 9.70. The molecule has 62 heavy (non-hydrogen) atoms. The van der Waals surface area contributed by atoms with E-state index in [2.05, 4.69) is 42.2 Å². The van der Waals surface area contributed by atoms with Crippen LogP contribution in [0.3, 0.4) is 0 Å². The molecule has 2 aliphatic heterocycles. The van der Waals surface area contributed by atoms with Crippen LogP contribution in [0.2, 0.25) is 0 Å². The average molecular weight is 878 g/mol. The number of nitrogen functional groups attached to an aromatic ring is 1. The van der Waals surface area contributed by atoms with Gasteiger partial charge in [-0.1, -0.05) is 0 Å². The number of anilines is 2. The van der Waals surface area contributed by atoms with Crippen LogP contribution in [0.15, 0.2) is 48.8 Å². The van der Waals surface area contributed by atoms with E-state index in [-0.39, 0.29) is 24.2 Å². The summed E-state index contributed by atoms with van der Waals surface area (Å²) in [5.74, 6) is 0.331. The summed E-state index contributed by atoms with van der Waals surface area (Å²) in [5, 5.41) is 5.89. The molecule has 0 bridgehead atoms. The number of rotatable bonds is 11. The highest BCUT2D eigenvalue weighted by atomic mass is 32.2. The molecular formula is C45H61F2N9O5S. The number of amides is 2. The molecule has 2 atom stereocenters. The Labute approximate surface area is 364 Å². The number of carbonyl (C=O) groups excluding carboxylic acids is 1. The van der Waals surface area contributed by atoms with E-state index >= 15 is 0 Å². The molecule has 14 nitrogen and oxygen atoms in total. The van der Waals surface area contributed by atoms with Crippen molar-refractivity contribution < 1.29 is 31.5 Å². The number of nitrogens with one attached hydrogen (secondary N) is 3. The van der Waals surface area contributed by atoms with Crippen LogP contribution in [0, 0.1) is 11.6 Å². The van der Waals surface area contributed by atoms with Gasteiger partial charge in [-0.05, 0) is 156 Å². The Morgan fingerprint density at radius 1 is 0.806 bits per heavy atom. The third-order valence-corrected chi connectivity index (χ3v) is 13.8. The summed E-state index contributed by atoms with van der Waals surface area (Å²) in [4.78, 5) is 25.5. The Balaban J connectivity index is 0.000000189. The fraction of sp³-hybridized carbons (Fsp3) is 0.489. The van der Waals surface area contributed by atoms with Gasteiger partial charge in [-0.25, -0.2) is 28.3 Å². The maximum Gasteiger partial charge on any atom is 0.333 e. The number of methoxy groups -OCH3 is 2. The molecule has 2 fully saturated rings. The normalized spacial score (nSPS) is 18.3. The maximum atomic E-state index is 14.9. The minimum Gasteiger partial charge on any atom is -0.481 e. The lowest BCUT2D eigenvalue weighted by atomic mass is 9.97. The predicted molar refractivity (Wildman–Crippen MR) is 240 cm³/mol. The first-order chi connectivity index (χ1) is 29.7. The molecule has 2 unspecified atom stereocenters. The van der Waals surface area contributed by atoms with Crippen molar-refractivity contribution in [2.75, 3.05) is 79.6 Å². The fourth-order valence-electron chi connectivity index (χ4n) is 8.89. The van der Waals surface area contributed by atoms with Crippen molar-refractivity contribution in [3.8, 4) is 34.0 Å². The Kier molecular flexibility index (Phi) is 15.7. The lowest BCUT2D eigenvalue weighted by molar-refractivity contribution is 0.253. The number of hydrogen-bond donors (Lipinski definition) is 4. The number of pyridine rings is 2. The molecule has 17 heteroatoms. The summed E-state index contributed by atoms with van der Waals surface area (Å²) in [6.07, 6.45) is 12.3. The number of urea groups is 1. The lowest BCUT2D eigenvalue weighted by Crippen LogP contribution is -2.47. The number of likely N-dealkylation sites (tertiary alicyclic amines) is 2. The van der Waals surface area contributed by atoms with Crippen LogP contribution in [0.1, 0.15) is 60.8 Å². The molecule has 2 aliphatic carbocycles. The number of halogens is 2. The van der Waals surface area contributed by atoms with Gasteiger partial charge < -0.3 is 35.6 Å². The molecule has 2 aromatic carbocycles. The first-order valence-corrected chi connectivity index (χ1v) is 22.7. The topological polar surface area (TPSA) is 167 Å². The van der Waals surface area contributed by atoms with E-state index in [1.54, 1.807) is 31.5 Å². The van der Waals surface area contributed by atoms with E-state index in [4.69, 9.17) is 15.2 Å². The number of benzene rings is 2. The van der Waals surface area contributed by atoms with Crippen molar-refractivity contribution in [2.24, 2.45) is 0 Å². The predicted octanol–water partition coefficient (Wildman–Crippen LogP) is 6.04. The van der Waals surface area contributed by atoms with Crippen LogP contribution >= 0.6 is 0 Å². The minimum absolute atomic E-state index is 0.110. The van der Waals surface area contributed by atoms with Crippen LogP contribution in [0.25, 0.3) is 22.3 Å². The first-order valence-electron chi connectivity index (χ1n) is 21.3. The number of hydrogen-bond acceptors (Lipinski definition) is 11. The zero-order valence-electron chi connectivity index (χ0n) is 36.7. The standard InChI is InChI=1S/C23H30FN5O4S.C15H15FN2O.C7H16N2/c1-28-11-5-6-16(28)14-29(2)34(31,32)27-23(30)26-22-18-8-4-7-17(18)20(24)13-19(22)15-9-10-25-21(12-15)33-3;1-19-14-7-9(5-6-18-14)12-8-13(16)10-3-2-4-11(10)15(12)17;1-8-6-7-4-3-5-9(7)2/h9-10,12-13,16H,4-8,11,14H2,1-3H3,(H2,26,27,30);5-8H,2-4,17H2,1H3;7-8H,3-6H2,1-2H3. The van der Waals surface area contributed by atoms with Crippen molar-refractivity contribution in [1.82, 2.24) is 34.1 Å². The molecule has 2 saturated heterocycles. The number of ether oxygens (including phenoxy) is 2. The van der Waals surface area contributed by atoms with Gasteiger partial charge in [-0.15, -0.1) is 0 Å². The highest BCUT2D eigenvalue weighted by molar-refractivity contribution is 7.87. The van der Waals surface area contributed by atoms with Gasteiger partial charge in [0, 0.05) is 73.6 Å². The number of aromatic nitrogens is 2. The molecule has 4 aliphatic rings. The van der Waals surface area contributed by atoms with E-state index in [1.807, 2.05) is 20.2 Å². The second-order valence-electron chi connectivity index (χ2n) is 16.3. The van der Waals surface area contributed by atoms with Crippen molar-refractivity contribution >= 4 is 27.6 Å². The molecule has 0 saturated carbocycles. The van der Waals surface area contributed by atoms with E-state index in [9.17, 15) is 22.0 Å². The van der Waals surface area contributed by atoms with Gasteiger partial charge in [0.05, 0.1) is 19.9 Å². The Bertz CT molecular complexity index is 2320. The van der Waals surface area contributed by atoms with Crippen molar-refractivity contribution in [3.05, 3.63) is 82.7 Å². The van der Waals surface area contributed by atoms with Crippen molar-refractivity contribution in [3.63, 3.8) is 0 Å². The molecule has 5 N–H and O–H groups in total. The van der Waals surface area contributed by atoms with Gasteiger partial charge in [0.15, 0.2) is 0 Å². The average Bonchev–Trinajstić information content (AvgIpc) is 4.11. The Morgan fingerprint density at radius 3 is 1.87 bits per heavy atom. The SMILES string of the molecule is CNCC1CCCN1C.COc1cc(-c2cc(F)c3c(c2N)CCC3)ccn1.COc1cc(-c2cc(F)c3c(c2NC(=O)NS(=O)(=O)N(C)CC2CCCN2C)CCC3)ccn1. The monoisotopic (exact) mass is 877 g/mol. The summed E-state index contributed by atoms with van der Waals surface area (Å²) in [5.41, 5.74) is 12.8. The van der Waals surface area contributed by atoms with Gasteiger partial charge in [0.1, 0.15) is 11.6 Å². The zero-order chi connectivity index (χ0) is 44.6. The van der Waals surface area contributed by atoms with E-state index in [0.717, 1.165) is 84.2 Å². The summed E-state index contributed by atoms with van der Waals surface area (Å²) in [7, 11) is 6.61. The van der Waals surface area contributed by atoms with Gasteiger partial charge in [0.2, 0.25) is 11.8 Å². The van der Waals surface area contributed by atoms with E-state index in [1.165, 1.54) is 51.9 Å². The number of likely N-dealkylation sites (N-methyl/N-ethyl adjacent to an activating group) is 4. The summed E-state index contributed by atoms with van der Waals surface area (Å²) >= 11 is 0. The number of nitrogens with zero attached hydrogens (tertiary/aromatic N) is 5. The third kappa shape index (κ3) is 11.0. The maximum absolute atomic E-state index is 14.9. The molecular weight excluding hydrogens is 817 g/mol. The second-order valence-corrected chi connectivity index (χ2v) is 18.1. The van der Waals surface area contributed by atoms with E-state index in [0.29, 0.717) is 58.2 Å². The summed E-state index contributed by atoms with van der Waals surface area (Å²) in [6.45, 7) is 3.64. The molecule has 336 valence electrons. The van der Waals surface area contributed by atoms with Gasteiger partial charge in [-0.3, -0.25) is 0 Å². The quantitative estimate of drug-likeness (QED) is 0.130. The molecule has 0 spiro atoms. The smallest absolute Gasteiger partial charge is 0.333 e. The number of nitrogens with two attached hydrogens (primary N) is 1. The van der Waals surface area contributed by atoms with E-state index < -0.39 is 16.2 Å². The van der Waals surface area contributed by atoms with Gasteiger partial charge >= 0.3 is 16.2 Å². The molecule has 0 radical (unpaired) electrons. The number of fused-ring (bicyclic) bond motifs is 2. The molecule has 2 amide bonds. The third-order valence-electron chi connectivity index (χ3n) is 12.4. The zero-order valence-corrected chi connectivity index (χ0v) is 37.5. The molecule has 2 aromatic heterocycles. The highest BCUT2D eigenvalue weighted by Gasteiger charge is 2.30. The van der Waals surface area contributed by atoms with Crippen LogP contribution in [-0.4, -0.2) is 119 Å². The molecule has 4 heterocycles. The summed E-state index contributed by atoms with van der Waals surface area (Å²) in [6, 6.07) is 9.82. The first kappa shape index (κ1) is 46.6. The Morgan fingerprint density at radius 2 is 1.32 bits per heavy atom. The van der Waals surface area contributed by atoms with Crippen LogP contribution in [0.5, 0.6) is 11.8 Å². The van der Waals surface area contributed by atoms with Crippen molar-refractivity contribution in [1.29, 1.82) is 0 Å². The van der Waals surface area contributed by atoms with Gasteiger partial charge in [-0.2, -0.15) is 12.7 Å². The lowest BCUT2D eigenvalue weighted by Gasteiger charge is -2.25. The Hall–Kier alpha value is -4.94. The second kappa shape index (κ2) is 21.0. The van der Waals surface area contributed by atoms with Crippen molar-refractivity contribution in [2.45, 2.75) is 76.3 Å². The van der Waals surface area contributed by atoms with Crippen LogP contribution in [-0.2, 0) is 35.9 Å². The van der Waals surface area contributed by atoms with Crippen LogP contribution in [0.4, 0.5) is 25.0 Å². The van der Waals surface area contributed by atoms with Gasteiger partial charge in [0.25, 0.3) is 0 Å². The minimum atomic E-state index is -4.06. The molecule has 8 rings (SSSR count). The molecule has 4 aromatic rings. The highest BCUT2D eigenvalue weighted by Crippen LogP contribution is 2.40. The van der Waals surface area contributed by atoms with Crippen LogP contribution < -0.4 is 30.6 Å². The number of carbonyl (C=O) groups is 1. The largest absolute Gasteiger partial charge is 0.481 e. The summed E-state index contributed by atoms with van der Waals surface area (Å²) < 4.78 is 68.1.